The number of amides is 1. The van der Waals surface area contributed by atoms with Gasteiger partial charge in [-0.2, -0.15) is 9.04 Å². The number of carbonyl (C=O) groups is 1. The van der Waals surface area contributed by atoms with Gasteiger partial charge < -0.3 is 15.1 Å². The second kappa shape index (κ2) is 8.63. The summed E-state index contributed by atoms with van der Waals surface area (Å²) in [6.07, 6.45) is 2.64. The smallest absolute Gasteiger partial charge is 0.293 e. The van der Waals surface area contributed by atoms with Crippen LogP contribution >= 0.6 is 11.6 Å². The molecule has 0 saturated carbocycles. The zero-order valence-electron chi connectivity index (χ0n) is 17.6. The SMILES string of the molecule is O=C(c1ncc(-c2cccc[n+]2[O-])nn1)N1CCN(S(=O)(=O)c2cc3cc(Cl)ccc3[nH]2)CC1. The molecule has 5 rings (SSSR count). The van der Waals surface area contributed by atoms with Gasteiger partial charge in [-0.15, -0.1) is 10.2 Å². The van der Waals surface area contributed by atoms with E-state index < -0.39 is 15.9 Å². The van der Waals surface area contributed by atoms with Gasteiger partial charge in [-0.1, -0.05) is 11.6 Å². The minimum Gasteiger partial charge on any atom is -0.618 e. The van der Waals surface area contributed by atoms with Crippen molar-refractivity contribution in [1.82, 2.24) is 29.4 Å². The fourth-order valence-electron chi connectivity index (χ4n) is 3.75. The lowest BCUT2D eigenvalue weighted by atomic mass is 10.2. The van der Waals surface area contributed by atoms with Crippen LogP contribution in [-0.2, 0) is 10.0 Å². The molecule has 1 aliphatic rings. The van der Waals surface area contributed by atoms with Crippen LogP contribution < -0.4 is 4.73 Å². The third-order valence-corrected chi connectivity index (χ3v) is 7.60. The summed E-state index contributed by atoms with van der Waals surface area (Å²) >= 11 is 5.99. The third kappa shape index (κ3) is 4.06. The average molecular weight is 500 g/mol. The number of halogens is 1. The van der Waals surface area contributed by atoms with E-state index in [1.165, 1.54) is 21.6 Å². The number of hydrogen-bond donors (Lipinski definition) is 1. The molecule has 0 unspecified atom stereocenters. The summed E-state index contributed by atoms with van der Waals surface area (Å²) in [6.45, 7) is 0.592. The summed E-state index contributed by atoms with van der Waals surface area (Å²) in [6, 6.07) is 11.5. The van der Waals surface area contributed by atoms with E-state index in [-0.39, 0.29) is 48.4 Å². The van der Waals surface area contributed by atoms with Crippen LogP contribution in [0.25, 0.3) is 22.3 Å². The van der Waals surface area contributed by atoms with Crippen molar-refractivity contribution in [1.29, 1.82) is 0 Å². The number of H-pyrrole nitrogens is 1. The molecule has 4 heterocycles. The molecule has 0 bridgehead atoms. The van der Waals surface area contributed by atoms with Crippen LogP contribution in [0.2, 0.25) is 5.02 Å². The van der Waals surface area contributed by atoms with Crippen molar-refractivity contribution >= 4 is 38.4 Å². The van der Waals surface area contributed by atoms with E-state index >= 15 is 0 Å². The lowest BCUT2D eigenvalue weighted by Crippen LogP contribution is -2.50. The number of hydrogen-bond acceptors (Lipinski definition) is 7. The van der Waals surface area contributed by atoms with E-state index in [9.17, 15) is 18.4 Å². The Morgan fingerprint density at radius 3 is 2.59 bits per heavy atom. The molecule has 1 aliphatic heterocycles. The monoisotopic (exact) mass is 499 g/mol. The van der Waals surface area contributed by atoms with Gasteiger partial charge in [0.25, 0.3) is 15.9 Å². The van der Waals surface area contributed by atoms with Crippen LogP contribution in [0, 0.1) is 5.21 Å². The highest BCUT2D eigenvalue weighted by Crippen LogP contribution is 2.25. The van der Waals surface area contributed by atoms with Crippen LogP contribution in [0.15, 0.2) is 59.9 Å². The number of piperazine rings is 1. The zero-order chi connectivity index (χ0) is 23.9. The average Bonchev–Trinajstić information content (AvgIpc) is 3.28. The predicted octanol–water partition coefficient (Wildman–Crippen LogP) is 1.45. The number of sulfonamides is 1. The minimum absolute atomic E-state index is 0.0733. The van der Waals surface area contributed by atoms with Crippen LogP contribution in [-0.4, -0.2) is 69.9 Å². The minimum atomic E-state index is -3.77. The summed E-state index contributed by atoms with van der Waals surface area (Å²) in [5.41, 5.74) is 1.17. The molecule has 174 valence electrons. The number of aromatic amines is 1. The largest absolute Gasteiger partial charge is 0.618 e. The topological polar surface area (TPSA) is 139 Å². The summed E-state index contributed by atoms with van der Waals surface area (Å²) in [7, 11) is -3.77. The van der Waals surface area contributed by atoms with Crippen molar-refractivity contribution in [2.75, 3.05) is 26.2 Å². The van der Waals surface area contributed by atoms with Crippen molar-refractivity contribution in [3.05, 3.63) is 70.9 Å². The lowest BCUT2D eigenvalue weighted by Gasteiger charge is -2.33. The van der Waals surface area contributed by atoms with Crippen molar-refractivity contribution in [3.8, 4) is 11.4 Å². The van der Waals surface area contributed by atoms with Gasteiger partial charge in [0.2, 0.25) is 11.5 Å². The highest BCUT2D eigenvalue weighted by molar-refractivity contribution is 7.89. The van der Waals surface area contributed by atoms with Crippen LogP contribution in [0.1, 0.15) is 10.6 Å². The van der Waals surface area contributed by atoms with Crippen molar-refractivity contribution in [2.24, 2.45) is 0 Å². The second-order valence-electron chi connectivity index (χ2n) is 7.64. The van der Waals surface area contributed by atoms with E-state index in [1.54, 1.807) is 42.5 Å². The fourth-order valence-corrected chi connectivity index (χ4v) is 5.36. The Labute approximate surface area is 199 Å². The van der Waals surface area contributed by atoms with Crippen LogP contribution in [0.5, 0.6) is 0 Å². The maximum Gasteiger partial charge on any atom is 0.293 e. The predicted molar refractivity (Wildman–Crippen MR) is 122 cm³/mol. The molecule has 0 spiro atoms. The number of rotatable bonds is 4. The van der Waals surface area contributed by atoms with Gasteiger partial charge >= 0.3 is 0 Å². The van der Waals surface area contributed by atoms with Gasteiger partial charge in [0.15, 0.2) is 11.9 Å². The Hall–Kier alpha value is -3.61. The molecule has 11 nitrogen and oxygen atoms in total. The van der Waals surface area contributed by atoms with Crippen molar-refractivity contribution < 1.29 is 17.9 Å². The Morgan fingerprint density at radius 2 is 1.88 bits per heavy atom. The molecule has 4 aromatic rings. The number of pyridine rings is 1. The number of aromatic nitrogens is 5. The summed E-state index contributed by atoms with van der Waals surface area (Å²) < 4.78 is 28.1. The molecule has 1 aromatic carbocycles. The normalized spacial score (nSPS) is 15.0. The van der Waals surface area contributed by atoms with Gasteiger partial charge in [-0.05, 0) is 30.3 Å². The molecule has 0 atom stereocenters. The van der Waals surface area contributed by atoms with Crippen LogP contribution in [0.3, 0.4) is 0 Å². The molecule has 1 fully saturated rings. The fraction of sp³-hybridized carbons (Fsp3) is 0.190. The van der Waals surface area contributed by atoms with Gasteiger partial charge in [-0.25, -0.2) is 13.4 Å². The highest BCUT2D eigenvalue weighted by atomic mass is 35.5. The molecule has 34 heavy (non-hydrogen) atoms. The molecule has 1 N–H and O–H groups in total. The Bertz CT molecular complexity index is 1480. The molecule has 0 radical (unpaired) electrons. The number of nitrogens with zero attached hydrogens (tertiary/aromatic N) is 6. The number of fused-ring (bicyclic) bond motifs is 1. The van der Waals surface area contributed by atoms with Crippen molar-refractivity contribution in [2.45, 2.75) is 5.03 Å². The summed E-state index contributed by atoms with van der Waals surface area (Å²) in [5, 5.41) is 21.0. The Morgan fingerprint density at radius 1 is 1.09 bits per heavy atom. The zero-order valence-corrected chi connectivity index (χ0v) is 19.2. The molecule has 13 heteroatoms. The number of benzene rings is 1. The molecule has 3 aromatic heterocycles. The Kier molecular flexibility index (Phi) is 5.63. The molecular weight excluding hydrogens is 482 g/mol. The maximum absolute atomic E-state index is 13.1. The second-order valence-corrected chi connectivity index (χ2v) is 9.98. The number of nitrogens with one attached hydrogen (secondary N) is 1. The third-order valence-electron chi connectivity index (χ3n) is 5.54. The first-order valence-electron chi connectivity index (χ1n) is 10.3. The van der Waals surface area contributed by atoms with E-state index in [0.717, 1.165) is 0 Å². The number of carbonyl (C=O) groups excluding carboxylic acids is 1. The molecule has 1 amide bonds. The van der Waals surface area contributed by atoms with E-state index in [1.807, 2.05) is 0 Å². The van der Waals surface area contributed by atoms with Crippen LogP contribution in [0.4, 0.5) is 0 Å². The first-order chi connectivity index (χ1) is 16.3. The molecular formula is C21H18ClN7O4S. The first kappa shape index (κ1) is 22.2. The Balaban J connectivity index is 1.27. The first-order valence-corrected chi connectivity index (χ1v) is 12.1. The van der Waals surface area contributed by atoms with Gasteiger partial charge in [0, 0.05) is 54.2 Å². The van der Waals surface area contributed by atoms with Gasteiger partial charge in [-0.3, -0.25) is 4.79 Å². The van der Waals surface area contributed by atoms with Crippen molar-refractivity contribution in [3.63, 3.8) is 0 Å². The maximum atomic E-state index is 13.1. The summed E-state index contributed by atoms with van der Waals surface area (Å²) in [5.74, 6) is -0.583. The quantitative estimate of drug-likeness (QED) is 0.331. The molecule has 1 saturated heterocycles. The van der Waals surface area contributed by atoms with Gasteiger partial charge in [0.05, 0.1) is 6.20 Å². The van der Waals surface area contributed by atoms with Gasteiger partial charge in [0.1, 0.15) is 5.03 Å². The summed E-state index contributed by atoms with van der Waals surface area (Å²) in [4.78, 5) is 21.2. The van der Waals surface area contributed by atoms with E-state index in [4.69, 9.17) is 11.6 Å². The highest BCUT2D eigenvalue weighted by Gasteiger charge is 2.32. The standard InChI is InChI=1S/C21H18ClN7O4S/c22-15-4-5-16-14(11-15)12-19(24-16)34(32,33)28-9-7-27(8-10-28)21(30)20-23-13-17(25-26-20)18-3-1-2-6-29(18)31/h1-6,11-13,24H,7-10H2. The molecule has 0 aliphatic carbocycles. The van der Waals surface area contributed by atoms with E-state index in [0.29, 0.717) is 20.7 Å². The van der Waals surface area contributed by atoms with E-state index in [2.05, 4.69) is 20.2 Å². The lowest BCUT2D eigenvalue weighted by molar-refractivity contribution is -0.593.